The van der Waals surface area contributed by atoms with Crippen LogP contribution in [0.2, 0.25) is 0 Å². The molecule has 0 aliphatic carbocycles. The number of benzene rings is 2. The molecule has 2 aromatic rings. The second kappa shape index (κ2) is 7.07. The van der Waals surface area contributed by atoms with Crippen molar-refractivity contribution in [3.63, 3.8) is 0 Å². The van der Waals surface area contributed by atoms with Crippen molar-refractivity contribution >= 4 is 12.1 Å². The Hall–Kier alpha value is -3.02. The summed E-state index contributed by atoms with van der Waals surface area (Å²) in [5.74, 6) is 0.850. The summed E-state index contributed by atoms with van der Waals surface area (Å²) in [6.45, 7) is 6.43. The van der Waals surface area contributed by atoms with E-state index in [1.807, 2.05) is 18.2 Å². The van der Waals surface area contributed by atoms with E-state index in [0.717, 1.165) is 5.56 Å². The number of phenols is 1. The van der Waals surface area contributed by atoms with Crippen molar-refractivity contribution in [1.82, 2.24) is 5.43 Å². The molecule has 26 heavy (non-hydrogen) atoms. The highest BCUT2D eigenvalue weighted by Crippen LogP contribution is 2.36. The maximum absolute atomic E-state index is 12.3. The molecule has 0 spiro atoms. The van der Waals surface area contributed by atoms with E-state index in [2.05, 4.69) is 31.3 Å². The van der Waals surface area contributed by atoms with E-state index in [1.165, 1.54) is 6.21 Å². The first-order chi connectivity index (χ1) is 12.3. The van der Waals surface area contributed by atoms with Crippen LogP contribution in [-0.2, 0) is 10.2 Å². The zero-order valence-electron chi connectivity index (χ0n) is 15.0. The molecule has 0 bridgehead atoms. The summed E-state index contributed by atoms with van der Waals surface area (Å²) in [6.07, 6.45) is 0.585. The molecule has 1 heterocycles. The molecule has 1 atom stereocenters. The fraction of sp³-hybridized carbons (Fsp3) is 0.300. The summed E-state index contributed by atoms with van der Waals surface area (Å²) in [7, 11) is 0. The highest BCUT2D eigenvalue weighted by Gasteiger charge is 2.28. The van der Waals surface area contributed by atoms with E-state index in [-0.39, 0.29) is 17.8 Å². The van der Waals surface area contributed by atoms with E-state index in [4.69, 9.17) is 9.47 Å². The fourth-order valence-electron chi connectivity index (χ4n) is 2.50. The molecule has 0 aromatic heterocycles. The molecule has 0 radical (unpaired) electrons. The Kier molecular flexibility index (Phi) is 4.84. The van der Waals surface area contributed by atoms with Crippen LogP contribution in [0.15, 0.2) is 47.6 Å². The van der Waals surface area contributed by atoms with E-state index < -0.39 is 12.0 Å². The summed E-state index contributed by atoms with van der Waals surface area (Å²) in [6, 6.07) is 12.5. The Morgan fingerprint density at radius 1 is 1.23 bits per heavy atom. The molecule has 6 nitrogen and oxygen atoms in total. The molecular formula is C20H22N2O4. The third kappa shape index (κ3) is 3.96. The van der Waals surface area contributed by atoms with Crippen LogP contribution in [0.3, 0.4) is 0 Å². The van der Waals surface area contributed by atoms with Gasteiger partial charge in [0, 0.05) is 5.56 Å². The summed E-state index contributed by atoms with van der Waals surface area (Å²) < 4.78 is 11.4. The Labute approximate surface area is 152 Å². The molecule has 1 aliphatic rings. The summed E-state index contributed by atoms with van der Waals surface area (Å²) in [5, 5.41) is 13.5. The van der Waals surface area contributed by atoms with Crippen LogP contribution in [-0.4, -0.2) is 29.9 Å². The topological polar surface area (TPSA) is 80.2 Å². The quantitative estimate of drug-likeness (QED) is 0.656. The fourth-order valence-corrected chi connectivity index (χ4v) is 2.50. The lowest BCUT2D eigenvalue weighted by atomic mass is 9.87. The van der Waals surface area contributed by atoms with Gasteiger partial charge in [-0.05, 0) is 35.2 Å². The number of ether oxygens (including phenoxy) is 2. The second-order valence-corrected chi connectivity index (χ2v) is 7.12. The number of amides is 1. The number of nitrogens with one attached hydrogen (secondary N) is 1. The summed E-state index contributed by atoms with van der Waals surface area (Å²) in [5.41, 5.74) is 3.99. The molecule has 3 rings (SSSR count). The Morgan fingerprint density at radius 2 is 2.00 bits per heavy atom. The first-order valence-corrected chi connectivity index (χ1v) is 8.39. The Bertz CT molecular complexity index is 840. The average molecular weight is 354 g/mol. The van der Waals surface area contributed by atoms with Gasteiger partial charge >= 0.3 is 0 Å². The van der Waals surface area contributed by atoms with Crippen LogP contribution < -0.4 is 14.9 Å². The van der Waals surface area contributed by atoms with Crippen molar-refractivity contribution in [2.75, 3.05) is 6.61 Å². The smallest absolute Gasteiger partial charge is 0.284 e. The lowest BCUT2D eigenvalue weighted by Gasteiger charge is -2.27. The van der Waals surface area contributed by atoms with Gasteiger partial charge in [0.2, 0.25) is 6.10 Å². The third-order valence-electron chi connectivity index (χ3n) is 4.08. The zero-order valence-corrected chi connectivity index (χ0v) is 15.0. The minimum absolute atomic E-state index is 0.0322. The van der Waals surface area contributed by atoms with Crippen LogP contribution >= 0.6 is 0 Å². The van der Waals surface area contributed by atoms with Gasteiger partial charge in [-0.3, -0.25) is 4.79 Å². The normalized spacial score (nSPS) is 16.5. The van der Waals surface area contributed by atoms with Crippen LogP contribution in [0.25, 0.3) is 0 Å². The number of fused-ring (bicyclic) bond motifs is 1. The van der Waals surface area contributed by atoms with Gasteiger partial charge in [-0.15, -0.1) is 0 Å². The zero-order chi connectivity index (χ0) is 18.7. The summed E-state index contributed by atoms with van der Waals surface area (Å²) in [4.78, 5) is 12.3. The number of hydrazone groups is 1. The molecule has 0 saturated carbocycles. The van der Waals surface area contributed by atoms with Crippen molar-refractivity contribution < 1.29 is 19.4 Å². The third-order valence-corrected chi connectivity index (χ3v) is 4.08. The van der Waals surface area contributed by atoms with E-state index in [0.29, 0.717) is 17.1 Å². The Balaban J connectivity index is 1.66. The largest absolute Gasteiger partial charge is 0.507 e. The van der Waals surface area contributed by atoms with Gasteiger partial charge in [0.1, 0.15) is 12.4 Å². The highest BCUT2D eigenvalue weighted by molar-refractivity contribution is 5.86. The SMILES string of the molecule is CC(C)(C)c1ccc2c(c1)O[C@@H](C(=O)N/N=C/c1ccccc1O)CO2. The molecule has 6 heteroatoms. The van der Waals surface area contributed by atoms with Crippen molar-refractivity contribution in [3.8, 4) is 17.2 Å². The lowest BCUT2D eigenvalue weighted by molar-refractivity contribution is -0.130. The molecule has 0 unspecified atom stereocenters. The van der Waals surface area contributed by atoms with Gasteiger partial charge in [-0.25, -0.2) is 5.43 Å². The predicted molar refractivity (Wildman–Crippen MR) is 98.9 cm³/mol. The first-order valence-electron chi connectivity index (χ1n) is 8.39. The van der Waals surface area contributed by atoms with Crippen LogP contribution in [0.4, 0.5) is 0 Å². The van der Waals surface area contributed by atoms with Crippen molar-refractivity contribution in [2.45, 2.75) is 32.3 Å². The number of para-hydroxylation sites is 1. The first kappa shape index (κ1) is 17.8. The number of hydrogen-bond donors (Lipinski definition) is 2. The molecule has 1 amide bonds. The maximum atomic E-state index is 12.3. The minimum atomic E-state index is -0.792. The van der Waals surface area contributed by atoms with Crippen LogP contribution in [0.1, 0.15) is 31.9 Å². The van der Waals surface area contributed by atoms with Crippen molar-refractivity contribution in [3.05, 3.63) is 53.6 Å². The average Bonchev–Trinajstić information content (AvgIpc) is 2.61. The van der Waals surface area contributed by atoms with Crippen LogP contribution in [0, 0.1) is 0 Å². The van der Waals surface area contributed by atoms with Gasteiger partial charge in [0.15, 0.2) is 11.5 Å². The Morgan fingerprint density at radius 3 is 2.73 bits per heavy atom. The molecule has 1 aliphatic heterocycles. The monoisotopic (exact) mass is 354 g/mol. The molecule has 0 fully saturated rings. The molecule has 136 valence electrons. The lowest BCUT2D eigenvalue weighted by Crippen LogP contribution is -2.42. The van der Waals surface area contributed by atoms with E-state index >= 15 is 0 Å². The van der Waals surface area contributed by atoms with Crippen molar-refractivity contribution in [2.24, 2.45) is 5.10 Å². The number of carbonyl (C=O) groups is 1. The standard InChI is InChI=1S/C20H22N2O4/c1-20(2,3)14-8-9-16-17(10-14)26-18(12-25-16)19(24)22-21-11-13-6-4-5-7-15(13)23/h4-11,18,23H,12H2,1-3H3,(H,22,24)/b21-11+/t18-/m1/s1. The number of nitrogens with zero attached hydrogens (tertiary/aromatic N) is 1. The molecule has 0 saturated heterocycles. The highest BCUT2D eigenvalue weighted by atomic mass is 16.6. The van der Waals surface area contributed by atoms with Gasteiger partial charge in [-0.2, -0.15) is 5.10 Å². The van der Waals surface area contributed by atoms with Gasteiger partial charge < -0.3 is 14.6 Å². The number of hydrogen-bond acceptors (Lipinski definition) is 5. The van der Waals surface area contributed by atoms with Gasteiger partial charge in [0.25, 0.3) is 5.91 Å². The number of rotatable bonds is 3. The molecule has 2 aromatic carbocycles. The number of phenolic OH excluding ortho intramolecular Hbond substituents is 1. The number of aromatic hydroxyl groups is 1. The molecule has 2 N–H and O–H groups in total. The van der Waals surface area contributed by atoms with E-state index in [1.54, 1.807) is 24.3 Å². The van der Waals surface area contributed by atoms with Gasteiger partial charge in [-0.1, -0.05) is 39.0 Å². The van der Waals surface area contributed by atoms with Crippen molar-refractivity contribution in [1.29, 1.82) is 0 Å². The van der Waals surface area contributed by atoms with Gasteiger partial charge in [0.05, 0.1) is 6.21 Å². The summed E-state index contributed by atoms with van der Waals surface area (Å²) >= 11 is 0. The predicted octanol–water partition coefficient (Wildman–Crippen LogP) is 2.98. The minimum Gasteiger partial charge on any atom is -0.507 e. The maximum Gasteiger partial charge on any atom is 0.284 e. The number of carbonyl (C=O) groups excluding carboxylic acids is 1. The van der Waals surface area contributed by atoms with Crippen LogP contribution in [0.5, 0.6) is 17.2 Å². The second-order valence-electron chi connectivity index (χ2n) is 7.12. The molecular weight excluding hydrogens is 332 g/mol. The van der Waals surface area contributed by atoms with E-state index in [9.17, 15) is 9.90 Å².